The van der Waals surface area contributed by atoms with Gasteiger partial charge in [0, 0.05) is 6.04 Å². The van der Waals surface area contributed by atoms with Crippen molar-refractivity contribution in [3.8, 4) is 17.2 Å². The SMILES string of the molecule is COc1cc(C2NC(CO)(C(=O)O)C3C(=O)N(c4ccccc4)C(=O)C23)cc(OC)c1O. The number of ether oxygens (including phenoxy) is 2. The maximum atomic E-state index is 13.5. The number of benzene rings is 2. The zero-order valence-corrected chi connectivity index (χ0v) is 17.3. The van der Waals surface area contributed by atoms with Gasteiger partial charge >= 0.3 is 5.97 Å². The number of aromatic hydroxyl groups is 1. The van der Waals surface area contributed by atoms with Gasteiger partial charge in [-0.15, -0.1) is 0 Å². The molecule has 0 bridgehead atoms. The van der Waals surface area contributed by atoms with Crippen LogP contribution in [0.2, 0.25) is 0 Å². The third-order valence-electron chi connectivity index (χ3n) is 6.16. The van der Waals surface area contributed by atoms with Gasteiger partial charge < -0.3 is 24.8 Å². The number of aliphatic carboxylic acids is 1. The zero-order valence-electron chi connectivity index (χ0n) is 17.3. The number of phenols is 1. The molecule has 32 heavy (non-hydrogen) atoms. The van der Waals surface area contributed by atoms with Crippen LogP contribution in [-0.4, -0.2) is 59.5 Å². The Balaban J connectivity index is 1.89. The number of carbonyl (C=O) groups excluding carboxylic acids is 2. The maximum Gasteiger partial charge on any atom is 0.327 e. The van der Waals surface area contributed by atoms with Gasteiger partial charge in [-0.1, -0.05) is 18.2 Å². The van der Waals surface area contributed by atoms with Crippen LogP contribution in [0.5, 0.6) is 17.2 Å². The van der Waals surface area contributed by atoms with Gasteiger partial charge in [0.1, 0.15) is 0 Å². The van der Waals surface area contributed by atoms with Gasteiger partial charge in [-0.05, 0) is 29.8 Å². The summed E-state index contributed by atoms with van der Waals surface area (Å²) in [5.74, 6) is -5.40. The molecule has 168 valence electrons. The van der Waals surface area contributed by atoms with E-state index in [1.807, 2.05) is 0 Å². The number of nitrogens with zero attached hydrogens (tertiary/aromatic N) is 1. The first kappa shape index (κ1) is 21.6. The van der Waals surface area contributed by atoms with Gasteiger partial charge in [-0.3, -0.25) is 19.7 Å². The van der Waals surface area contributed by atoms with Crippen molar-refractivity contribution in [3.05, 3.63) is 48.0 Å². The molecule has 0 saturated carbocycles. The maximum absolute atomic E-state index is 13.5. The Kier molecular flexibility index (Phi) is 5.27. The third-order valence-corrected chi connectivity index (χ3v) is 6.16. The van der Waals surface area contributed by atoms with Crippen LogP contribution < -0.4 is 19.7 Å². The summed E-state index contributed by atoms with van der Waals surface area (Å²) in [4.78, 5) is 40.1. The van der Waals surface area contributed by atoms with Crippen molar-refractivity contribution in [2.75, 3.05) is 25.7 Å². The Morgan fingerprint density at radius 2 is 1.69 bits per heavy atom. The lowest BCUT2D eigenvalue weighted by Gasteiger charge is -2.29. The highest BCUT2D eigenvalue weighted by Gasteiger charge is 2.68. The number of carboxylic acid groups (broad SMARTS) is 1. The Bertz CT molecular complexity index is 1060. The summed E-state index contributed by atoms with van der Waals surface area (Å²) in [5, 5.41) is 33.1. The first-order valence-electron chi connectivity index (χ1n) is 9.80. The molecule has 4 rings (SSSR count). The minimum atomic E-state index is -2.08. The van der Waals surface area contributed by atoms with E-state index in [0.29, 0.717) is 11.3 Å². The number of phenolic OH excluding ortho intramolecular Hbond substituents is 1. The van der Waals surface area contributed by atoms with Crippen LogP contribution in [0.1, 0.15) is 11.6 Å². The third kappa shape index (κ3) is 2.91. The van der Waals surface area contributed by atoms with E-state index in [1.54, 1.807) is 30.3 Å². The number of para-hydroxylation sites is 1. The molecule has 2 amide bonds. The molecular formula is C22H22N2O8. The normalized spacial score (nSPS) is 26.8. The molecule has 2 aromatic carbocycles. The number of carbonyl (C=O) groups is 3. The highest BCUT2D eigenvalue weighted by molar-refractivity contribution is 6.24. The van der Waals surface area contributed by atoms with Crippen LogP contribution in [0.4, 0.5) is 5.69 Å². The van der Waals surface area contributed by atoms with E-state index >= 15 is 0 Å². The molecule has 10 heteroatoms. The van der Waals surface area contributed by atoms with Gasteiger partial charge in [0.2, 0.25) is 17.6 Å². The quantitative estimate of drug-likeness (QED) is 0.474. The molecule has 2 aromatic rings. The first-order valence-corrected chi connectivity index (χ1v) is 9.80. The number of aliphatic hydroxyl groups excluding tert-OH is 1. The fraction of sp³-hybridized carbons (Fsp3) is 0.318. The fourth-order valence-corrected chi connectivity index (χ4v) is 4.62. The smallest absolute Gasteiger partial charge is 0.327 e. The van der Waals surface area contributed by atoms with Crippen LogP contribution >= 0.6 is 0 Å². The molecule has 2 saturated heterocycles. The number of imide groups is 1. The van der Waals surface area contributed by atoms with E-state index < -0.39 is 47.8 Å². The molecule has 2 aliphatic heterocycles. The number of aliphatic hydroxyl groups is 1. The van der Waals surface area contributed by atoms with Crippen molar-refractivity contribution < 1.29 is 39.2 Å². The molecule has 2 aliphatic rings. The lowest BCUT2D eigenvalue weighted by molar-refractivity contribution is -0.150. The van der Waals surface area contributed by atoms with Crippen molar-refractivity contribution in [3.63, 3.8) is 0 Å². The van der Waals surface area contributed by atoms with Crippen LogP contribution in [-0.2, 0) is 14.4 Å². The van der Waals surface area contributed by atoms with Gasteiger partial charge in [0.15, 0.2) is 17.0 Å². The van der Waals surface area contributed by atoms with E-state index in [9.17, 15) is 29.7 Å². The number of fused-ring (bicyclic) bond motifs is 1. The molecular weight excluding hydrogens is 420 g/mol. The van der Waals surface area contributed by atoms with Crippen LogP contribution in [0.3, 0.4) is 0 Å². The van der Waals surface area contributed by atoms with E-state index in [2.05, 4.69) is 5.32 Å². The molecule has 4 N–H and O–H groups in total. The number of carboxylic acids is 1. The molecule has 10 nitrogen and oxygen atoms in total. The molecule has 0 aromatic heterocycles. The first-order chi connectivity index (χ1) is 15.3. The second-order valence-electron chi connectivity index (χ2n) is 7.68. The molecule has 2 heterocycles. The molecule has 0 radical (unpaired) electrons. The lowest BCUT2D eigenvalue weighted by atomic mass is 9.79. The van der Waals surface area contributed by atoms with Gasteiger partial charge in [-0.2, -0.15) is 0 Å². The second-order valence-corrected chi connectivity index (χ2v) is 7.68. The second kappa shape index (κ2) is 7.81. The van der Waals surface area contributed by atoms with Crippen LogP contribution in [0.15, 0.2) is 42.5 Å². The van der Waals surface area contributed by atoms with E-state index in [-0.39, 0.29) is 17.2 Å². The molecule has 4 atom stereocenters. The number of hydrogen-bond acceptors (Lipinski definition) is 8. The Morgan fingerprint density at radius 3 is 2.19 bits per heavy atom. The summed E-state index contributed by atoms with van der Waals surface area (Å²) in [5.41, 5.74) is -1.41. The van der Waals surface area contributed by atoms with Gasteiger partial charge in [0.25, 0.3) is 0 Å². The minimum Gasteiger partial charge on any atom is -0.502 e. The summed E-state index contributed by atoms with van der Waals surface area (Å²) < 4.78 is 10.4. The van der Waals surface area contributed by atoms with Crippen molar-refractivity contribution in [2.24, 2.45) is 11.8 Å². The topological polar surface area (TPSA) is 146 Å². The number of nitrogens with one attached hydrogen (secondary N) is 1. The minimum absolute atomic E-state index is 0.0474. The summed E-state index contributed by atoms with van der Waals surface area (Å²) in [6, 6.07) is 10.1. The van der Waals surface area contributed by atoms with Crippen molar-refractivity contribution >= 4 is 23.5 Å². The molecule has 0 aliphatic carbocycles. The van der Waals surface area contributed by atoms with Crippen molar-refractivity contribution in [2.45, 2.75) is 11.6 Å². The zero-order chi connectivity index (χ0) is 23.2. The Hall–Kier alpha value is -3.63. The molecule has 2 fully saturated rings. The lowest BCUT2D eigenvalue weighted by Crippen LogP contribution is -2.58. The standard InChI is InChI=1S/C22H22N2O8/c1-31-13-8-11(9-14(32-2)18(13)26)17-15-16(22(10-25,23-17)21(29)30)20(28)24(19(15)27)12-6-4-3-5-7-12/h3-9,15-17,23,25-26H,10H2,1-2H3,(H,29,30). The van der Waals surface area contributed by atoms with Crippen molar-refractivity contribution in [1.82, 2.24) is 5.32 Å². The number of anilines is 1. The average Bonchev–Trinajstić information content (AvgIpc) is 3.29. The van der Waals surface area contributed by atoms with Crippen LogP contribution in [0, 0.1) is 11.8 Å². The van der Waals surface area contributed by atoms with Crippen LogP contribution in [0.25, 0.3) is 0 Å². The highest BCUT2D eigenvalue weighted by atomic mass is 16.5. The van der Waals surface area contributed by atoms with E-state index in [1.165, 1.54) is 26.4 Å². The number of methoxy groups -OCH3 is 2. The van der Waals surface area contributed by atoms with E-state index in [0.717, 1.165) is 4.90 Å². The molecule has 0 spiro atoms. The van der Waals surface area contributed by atoms with Crippen molar-refractivity contribution in [1.29, 1.82) is 0 Å². The van der Waals surface area contributed by atoms with Gasteiger partial charge in [-0.25, -0.2) is 4.90 Å². The van der Waals surface area contributed by atoms with E-state index in [4.69, 9.17) is 9.47 Å². The largest absolute Gasteiger partial charge is 0.502 e. The fourth-order valence-electron chi connectivity index (χ4n) is 4.62. The molecule has 4 unspecified atom stereocenters. The summed E-state index contributed by atoms with van der Waals surface area (Å²) in [6.07, 6.45) is 0. The monoisotopic (exact) mass is 442 g/mol. The summed E-state index contributed by atoms with van der Waals surface area (Å²) in [6.45, 7) is -0.909. The average molecular weight is 442 g/mol. The predicted molar refractivity (Wildman–Crippen MR) is 110 cm³/mol. The summed E-state index contributed by atoms with van der Waals surface area (Å²) in [7, 11) is 2.67. The Labute approximate surface area is 183 Å². The number of amides is 2. The summed E-state index contributed by atoms with van der Waals surface area (Å²) >= 11 is 0. The number of hydrogen-bond donors (Lipinski definition) is 4. The number of rotatable bonds is 6. The highest BCUT2D eigenvalue weighted by Crippen LogP contribution is 2.51. The van der Waals surface area contributed by atoms with Gasteiger partial charge in [0.05, 0.1) is 38.3 Å². The predicted octanol–water partition coefficient (Wildman–Crippen LogP) is 0.675. The Morgan fingerprint density at radius 1 is 1.09 bits per heavy atom.